The normalized spacial score (nSPS) is 10.4. The third-order valence-electron chi connectivity index (χ3n) is 2.97. The number of rotatable bonds is 5. The summed E-state index contributed by atoms with van der Waals surface area (Å²) in [4.78, 5) is 26.7. The number of aromatic nitrogens is 3. The van der Waals surface area contributed by atoms with Crippen LogP contribution in [-0.4, -0.2) is 31.7 Å². The highest BCUT2D eigenvalue weighted by Gasteiger charge is 2.14. The van der Waals surface area contributed by atoms with Crippen LogP contribution in [0.1, 0.15) is 40.5 Å². The third-order valence-corrected chi connectivity index (χ3v) is 2.97. The number of hydrogen-bond acceptors (Lipinski definition) is 4. The lowest BCUT2D eigenvalue weighted by Gasteiger charge is -2.06. The molecule has 0 spiro atoms. The molecule has 7 heteroatoms. The summed E-state index contributed by atoms with van der Waals surface area (Å²) in [5.74, 6) is -1.40. The molecular formula is C14H16N4O3. The molecule has 0 aliphatic heterocycles. The zero-order valence-electron chi connectivity index (χ0n) is 11.8. The number of carboxylic acids is 1. The molecule has 2 heterocycles. The summed E-state index contributed by atoms with van der Waals surface area (Å²) in [5, 5.41) is 15.8. The topological polar surface area (TPSA) is 97.1 Å². The number of nitrogens with zero attached hydrogens (tertiary/aromatic N) is 3. The van der Waals surface area contributed by atoms with Gasteiger partial charge in [-0.3, -0.25) is 9.48 Å². The number of carbonyl (C=O) groups is 2. The van der Waals surface area contributed by atoms with Gasteiger partial charge in [0.2, 0.25) is 0 Å². The number of aryl methyl sites for hydroxylation is 2. The van der Waals surface area contributed by atoms with E-state index in [9.17, 15) is 9.59 Å². The van der Waals surface area contributed by atoms with E-state index in [1.165, 1.54) is 18.3 Å². The predicted octanol–water partition coefficient (Wildman–Crippen LogP) is 1.81. The van der Waals surface area contributed by atoms with Crippen molar-refractivity contribution in [3.05, 3.63) is 41.5 Å². The van der Waals surface area contributed by atoms with E-state index in [-0.39, 0.29) is 11.6 Å². The van der Waals surface area contributed by atoms with E-state index >= 15 is 0 Å². The van der Waals surface area contributed by atoms with E-state index in [2.05, 4.69) is 15.4 Å². The Hall–Kier alpha value is -2.70. The fraction of sp³-hybridized carbons (Fsp3) is 0.286. The van der Waals surface area contributed by atoms with E-state index in [0.29, 0.717) is 17.9 Å². The number of nitrogens with one attached hydrogen (secondary N) is 1. The molecule has 0 fully saturated rings. The summed E-state index contributed by atoms with van der Waals surface area (Å²) in [7, 11) is 0. The summed E-state index contributed by atoms with van der Waals surface area (Å²) in [6.45, 7) is 4.48. The fourth-order valence-corrected chi connectivity index (χ4v) is 1.86. The average Bonchev–Trinajstić information content (AvgIpc) is 2.91. The number of anilines is 1. The first-order valence-electron chi connectivity index (χ1n) is 6.62. The number of aromatic carboxylic acids is 1. The Bertz CT molecular complexity index is 661. The molecule has 0 radical (unpaired) electrons. The number of carboxylic acid groups (broad SMARTS) is 1. The van der Waals surface area contributed by atoms with E-state index in [1.54, 1.807) is 10.7 Å². The predicted molar refractivity (Wildman–Crippen MR) is 76.4 cm³/mol. The highest BCUT2D eigenvalue weighted by Crippen LogP contribution is 2.11. The van der Waals surface area contributed by atoms with Crippen molar-refractivity contribution in [2.24, 2.45) is 0 Å². The summed E-state index contributed by atoms with van der Waals surface area (Å²) in [6, 6.07) is 4.59. The van der Waals surface area contributed by atoms with E-state index in [0.717, 1.165) is 12.1 Å². The minimum atomic E-state index is -1.11. The Balaban J connectivity index is 2.17. The molecule has 2 rings (SSSR count). The van der Waals surface area contributed by atoms with Crippen molar-refractivity contribution in [3.63, 3.8) is 0 Å². The number of hydrogen-bond donors (Lipinski definition) is 2. The molecule has 0 aliphatic rings. The van der Waals surface area contributed by atoms with Gasteiger partial charge >= 0.3 is 5.97 Å². The van der Waals surface area contributed by atoms with Crippen LogP contribution in [-0.2, 0) is 13.0 Å². The maximum absolute atomic E-state index is 12.2. The zero-order valence-corrected chi connectivity index (χ0v) is 11.8. The van der Waals surface area contributed by atoms with Crippen LogP contribution in [0.25, 0.3) is 0 Å². The van der Waals surface area contributed by atoms with Crippen molar-refractivity contribution in [2.45, 2.75) is 26.8 Å². The third kappa shape index (κ3) is 3.25. The van der Waals surface area contributed by atoms with Crippen molar-refractivity contribution < 1.29 is 14.7 Å². The molecule has 110 valence electrons. The van der Waals surface area contributed by atoms with Gasteiger partial charge in [0.25, 0.3) is 5.91 Å². The van der Waals surface area contributed by atoms with Gasteiger partial charge in [-0.05, 0) is 31.5 Å². The maximum Gasteiger partial charge on any atom is 0.354 e. The van der Waals surface area contributed by atoms with Gasteiger partial charge in [0.1, 0.15) is 11.4 Å². The van der Waals surface area contributed by atoms with Crippen LogP contribution < -0.4 is 5.32 Å². The lowest BCUT2D eigenvalue weighted by molar-refractivity contribution is 0.0690. The molecule has 2 aromatic heterocycles. The Morgan fingerprint density at radius 1 is 1.33 bits per heavy atom. The molecule has 0 saturated heterocycles. The van der Waals surface area contributed by atoms with Gasteiger partial charge in [0, 0.05) is 6.54 Å². The SMILES string of the molecule is CCc1cc(C(=O)Nc2ccc(C(=O)O)nc2)n(CC)n1. The van der Waals surface area contributed by atoms with Gasteiger partial charge in [-0.1, -0.05) is 6.92 Å². The fourth-order valence-electron chi connectivity index (χ4n) is 1.86. The van der Waals surface area contributed by atoms with E-state index in [4.69, 9.17) is 5.11 Å². The van der Waals surface area contributed by atoms with Crippen LogP contribution in [0.4, 0.5) is 5.69 Å². The van der Waals surface area contributed by atoms with Crippen molar-refractivity contribution in [1.82, 2.24) is 14.8 Å². The monoisotopic (exact) mass is 288 g/mol. The molecular weight excluding hydrogens is 272 g/mol. The van der Waals surface area contributed by atoms with Crippen LogP contribution in [0.5, 0.6) is 0 Å². The Labute approximate surface area is 121 Å². The van der Waals surface area contributed by atoms with Gasteiger partial charge in [-0.2, -0.15) is 5.10 Å². The molecule has 2 N–H and O–H groups in total. The van der Waals surface area contributed by atoms with Crippen LogP contribution in [0.2, 0.25) is 0 Å². The highest BCUT2D eigenvalue weighted by molar-refractivity contribution is 6.03. The second-order valence-corrected chi connectivity index (χ2v) is 4.38. The highest BCUT2D eigenvalue weighted by atomic mass is 16.4. The zero-order chi connectivity index (χ0) is 15.4. The first kappa shape index (κ1) is 14.7. The Morgan fingerprint density at radius 2 is 2.10 bits per heavy atom. The minimum Gasteiger partial charge on any atom is -0.477 e. The quantitative estimate of drug-likeness (QED) is 0.874. The molecule has 0 aliphatic carbocycles. The van der Waals surface area contributed by atoms with Crippen molar-refractivity contribution in [1.29, 1.82) is 0 Å². The summed E-state index contributed by atoms with van der Waals surface area (Å²) in [5.41, 5.74) is 1.68. The van der Waals surface area contributed by atoms with Gasteiger partial charge in [0.15, 0.2) is 0 Å². The summed E-state index contributed by atoms with van der Waals surface area (Å²) < 4.78 is 1.63. The van der Waals surface area contributed by atoms with Crippen molar-refractivity contribution in [2.75, 3.05) is 5.32 Å². The molecule has 0 aromatic carbocycles. The van der Waals surface area contributed by atoms with E-state index in [1.807, 2.05) is 13.8 Å². The standard InChI is InChI=1S/C14H16N4O3/c1-3-9-7-12(18(4-2)17-9)13(19)16-10-5-6-11(14(20)21)15-8-10/h5-8H,3-4H2,1-2H3,(H,16,19)(H,20,21). The Kier molecular flexibility index (Phi) is 4.32. The minimum absolute atomic E-state index is 0.0696. The smallest absolute Gasteiger partial charge is 0.354 e. The largest absolute Gasteiger partial charge is 0.477 e. The van der Waals surface area contributed by atoms with Crippen LogP contribution in [0.15, 0.2) is 24.4 Å². The Morgan fingerprint density at radius 3 is 2.62 bits per heavy atom. The van der Waals surface area contributed by atoms with E-state index < -0.39 is 5.97 Å². The number of carbonyl (C=O) groups excluding carboxylic acids is 1. The van der Waals surface area contributed by atoms with Crippen LogP contribution in [0.3, 0.4) is 0 Å². The van der Waals surface area contributed by atoms with Crippen LogP contribution in [0, 0.1) is 0 Å². The molecule has 2 aromatic rings. The summed E-state index contributed by atoms with van der Waals surface area (Å²) >= 11 is 0. The molecule has 1 amide bonds. The number of pyridine rings is 1. The second-order valence-electron chi connectivity index (χ2n) is 4.38. The summed E-state index contributed by atoms with van der Waals surface area (Å²) in [6.07, 6.45) is 2.07. The van der Waals surface area contributed by atoms with Gasteiger partial charge in [0.05, 0.1) is 17.6 Å². The molecule has 0 saturated carbocycles. The lowest BCUT2D eigenvalue weighted by atomic mass is 10.3. The molecule has 0 atom stereocenters. The van der Waals surface area contributed by atoms with Crippen molar-refractivity contribution >= 4 is 17.6 Å². The number of amides is 1. The molecule has 7 nitrogen and oxygen atoms in total. The van der Waals surface area contributed by atoms with Gasteiger partial charge in [-0.15, -0.1) is 0 Å². The molecule has 0 bridgehead atoms. The molecule has 0 unspecified atom stereocenters. The average molecular weight is 288 g/mol. The maximum atomic E-state index is 12.2. The van der Waals surface area contributed by atoms with Gasteiger partial charge < -0.3 is 10.4 Å². The van der Waals surface area contributed by atoms with Gasteiger partial charge in [-0.25, -0.2) is 9.78 Å². The van der Waals surface area contributed by atoms with Crippen LogP contribution >= 0.6 is 0 Å². The molecule has 21 heavy (non-hydrogen) atoms. The second kappa shape index (κ2) is 6.17. The van der Waals surface area contributed by atoms with Crippen molar-refractivity contribution in [3.8, 4) is 0 Å². The first-order valence-corrected chi connectivity index (χ1v) is 6.62. The first-order chi connectivity index (χ1) is 10.0. The lowest BCUT2D eigenvalue weighted by Crippen LogP contribution is -2.17.